The molecule has 0 spiro atoms. The van der Waals surface area contributed by atoms with E-state index in [1.165, 1.54) is 16.2 Å². The summed E-state index contributed by atoms with van der Waals surface area (Å²) in [6.07, 6.45) is 10.7. The first kappa shape index (κ1) is 38.9. The molecular weight excluding hydrogens is 727 g/mol. The fraction of sp³-hybridized carbons (Fsp3) is 0.474. The van der Waals surface area contributed by atoms with Gasteiger partial charge in [-0.2, -0.15) is 15.3 Å². The van der Waals surface area contributed by atoms with Crippen LogP contribution in [0, 0.1) is 17.4 Å². The molecule has 1 saturated heterocycles. The summed E-state index contributed by atoms with van der Waals surface area (Å²) in [5.74, 6) is -1.51. The van der Waals surface area contributed by atoms with Crippen LogP contribution < -0.4 is 15.8 Å². The molecule has 3 fully saturated rings. The predicted molar refractivity (Wildman–Crippen MR) is 206 cm³/mol. The molecule has 5 N–H and O–H groups in total. The Morgan fingerprint density at radius 1 is 1.11 bits per heavy atom. The van der Waals surface area contributed by atoms with E-state index in [0.717, 1.165) is 41.9 Å². The molecule has 54 heavy (non-hydrogen) atoms. The highest BCUT2D eigenvalue weighted by Gasteiger charge is 2.52. The summed E-state index contributed by atoms with van der Waals surface area (Å²) in [5, 5.41) is 18.6. The summed E-state index contributed by atoms with van der Waals surface area (Å²) in [6.45, 7) is 1.82. The third-order valence-corrected chi connectivity index (χ3v) is 13.4. The Morgan fingerprint density at radius 3 is 2.61 bits per heavy atom. The number of thiazole rings is 1. The van der Waals surface area contributed by atoms with Crippen molar-refractivity contribution in [1.29, 1.82) is 5.53 Å². The van der Waals surface area contributed by atoms with Crippen molar-refractivity contribution in [3.8, 4) is 10.6 Å². The van der Waals surface area contributed by atoms with Gasteiger partial charge < -0.3 is 16.0 Å². The summed E-state index contributed by atoms with van der Waals surface area (Å²) in [4.78, 5) is 45.0. The zero-order chi connectivity index (χ0) is 38.3. The lowest BCUT2D eigenvalue weighted by atomic mass is 10.0. The number of para-hydroxylation sites is 1. The van der Waals surface area contributed by atoms with Gasteiger partial charge in [-0.1, -0.05) is 61.4 Å². The molecule has 1 aromatic heterocycles. The Kier molecular flexibility index (Phi) is 12.3. The van der Waals surface area contributed by atoms with Crippen LogP contribution >= 0.6 is 11.3 Å². The highest BCUT2D eigenvalue weighted by molar-refractivity contribution is 7.91. The average Bonchev–Trinajstić information content (AvgIpc) is 3.98. The maximum Gasteiger partial charge on any atom is 0.245 e. The zero-order valence-corrected chi connectivity index (χ0v) is 31.8. The fourth-order valence-corrected chi connectivity index (χ4v) is 8.63. The molecule has 6 rings (SSSR count). The second kappa shape index (κ2) is 17.1. The minimum atomic E-state index is -3.62. The highest BCUT2D eigenvalue weighted by Crippen LogP contribution is 2.44. The number of benzene rings is 2. The normalized spacial score (nSPS) is 22.9. The number of carbonyl (C=O) groups excluding carboxylic acids is 3. The van der Waals surface area contributed by atoms with Crippen LogP contribution in [0.3, 0.4) is 0 Å². The number of unbranched alkanes of at least 4 members (excludes halogenated alkanes) is 3. The SMILES string of the molecule is CC1(S(=O)(=O)NC(=O)C2CC2C=CCCCCCC(Nc2ccccc2)C(=O)N2CC(N=NC(N=N)c3cccc(-c4nccs4)c3)CC2C(N)=O)CC1. The number of hydrogen-bond donors (Lipinski definition) is 4. The van der Waals surface area contributed by atoms with Gasteiger partial charge in [-0.15, -0.1) is 11.3 Å². The topological polar surface area (TPSA) is 212 Å². The number of aromatic nitrogens is 1. The van der Waals surface area contributed by atoms with Gasteiger partial charge in [0.15, 0.2) is 0 Å². The first-order valence-electron chi connectivity index (χ1n) is 18.4. The van der Waals surface area contributed by atoms with Crippen molar-refractivity contribution in [3.05, 3.63) is 83.9 Å². The third kappa shape index (κ3) is 9.63. The molecule has 6 atom stereocenters. The first-order chi connectivity index (χ1) is 26.0. The molecule has 1 aliphatic heterocycles. The summed E-state index contributed by atoms with van der Waals surface area (Å²) in [7, 11) is -3.62. The lowest BCUT2D eigenvalue weighted by molar-refractivity contribution is -0.138. The van der Waals surface area contributed by atoms with Gasteiger partial charge >= 0.3 is 0 Å². The van der Waals surface area contributed by atoms with Gasteiger partial charge in [-0.25, -0.2) is 18.9 Å². The lowest BCUT2D eigenvalue weighted by Gasteiger charge is -2.28. The van der Waals surface area contributed by atoms with Gasteiger partial charge in [-0.05, 0) is 69.6 Å². The minimum absolute atomic E-state index is 0.0544. The van der Waals surface area contributed by atoms with Gasteiger partial charge in [0.05, 0.1) is 10.8 Å². The molecule has 3 aromatic rings. The smallest absolute Gasteiger partial charge is 0.245 e. The van der Waals surface area contributed by atoms with E-state index in [9.17, 15) is 22.8 Å². The Balaban J connectivity index is 1.02. The number of nitrogens with zero attached hydrogens (tertiary/aromatic N) is 5. The van der Waals surface area contributed by atoms with Crippen molar-refractivity contribution in [2.75, 3.05) is 11.9 Å². The summed E-state index contributed by atoms with van der Waals surface area (Å²) in [6, 6.07) is 15.0. The van der Waals surface area contributed by atoms with Crippen molar-refractivity contribution >= 4 is 44.8 Å². The van der Waals surface area contributed by atoms with Crippen LogP contribution in [-0.4, -0.2) is 65.4 Å². The van der Waals surface area contributed by atoms with Crippen LogP contribution in [0.1, 0.15) is 76.4 Å². The summed E-state index contributed by atoms with van der Waals surface area (Å²) in [5.41, 5.74) is 15.9. The van der Waals surface area contributed by atoms with Crippen LogP contribution in [0.2, 0.25) is 0 Å². The fourth-order valence-electron chi connectivity index (χ4n) is 6.69. The number of amides is 3. The standard InChI is InChI=1S/C38H47N9O5S2/c1-38(17-18-38)54(51,52)46-35(49)30-22-25(30)11-6-3-2-4-9-16-31(42-28-14-7-5-8-15-28)37(50)47-24-29(23-32(47)33(39)48)44-45-34(43-40)26-12-10-13-27(21-26)36-41-19-20-53-36/h5-8,10-15,19-21,25,29-32,34,40,42H,2-4,9,16-18,22-24H2,1H3,(H2,39,48)(H,46,49). The molecule has 0 bridgehead atoms. The molecule has 3 aliphatic rings. The molecule has 2 saturated carbocycles. The number of sulfonamides is 1. The second-order valence-corrected chi connectivity index (χ2v) is 17.6. The lowest BCUT2D eigenvalue weighted by Crippen LogP contribution is -2.49. The molecule has 6 unspecified atom stereocenters. The number of nitrogens with one attached hydrogen (secondary N) is 3. The van der Waals surface area contributed by atoms with E-state index in [-0.39, 0.29) is 30.7 Å². The molecule has 14 nitrogen and oxygen atoms in total. The number of nitrogens with two attached hydrogens (primary N) is 1. The molecule has 286 valence electrons. The molecule has 2 aromatic carbocycles. The Bertz CT molecular complexity index is 1970. The number of hydrogen-bond acceptors (Lipinski definition) is 12. The van der Waals surface area contributed by atoms with Crippen molar-refractivity contribution in [2.24, 2.45) is 32.9 Å². The predicted octanol–water partition coefficient (Wildman–Crippen LogP) is 6.37. The summed E-state index contributed by atoms with van der Waals surface area (Å²) >= 11 is 1.50. The molecule has 2 aliphatic carbocycles. The van der Waals surface area contributed by atoms with Gasteiger partial charge in [0.25, 0.3) is 0 Å². The number of likely N-dealkylation sites (tertiary alicyclic amines) is 1. The van der Waals surface area contributed by atoms with Gasteiger partial charge in [0, 0.05) is 47.3 Å². The summed E-state index contributed by atoms with van der Waals surface area (Å²) < 4.78 is 26.2. The molecule has 3 amide bonds. The molecule has 16 heteroatoms. The van der Waals surface area contributed by atoms with E-state index in [0.29, 0.717) is 31.2 Å². The highest BCUT2D eigenvalue weighted by atomic mass is 32.2. The molecule has 0 radical (unpaired) electrons. The number of azo groups is 1. The van der Waals surface area contributed by atoms with Gasteiger partial charge in [-0.3, -0.25) is 19.1 Å². The van der Waals surface area contributed by atoms with Crippen molar-refractivity contribution in [1.82, 2.24) is 14.6 Å². The second-order valence-electron chi connectivity index (χ2n) is 14.5. The first-order valence-corrected chi connectivity index (χ1v) is 20.7. The maximum absolute atomic E-state index is 14.1. The maximum atomic E-state index is 14.1. The zero-order valence-electron chi connectivity index (χ0n) is 30.2. The quantitative estimate of drug-likeness (QED) is 0.0613. The number of rotatable bonds is 19. The van der Waals surface area contributed by atoms with Crippen molar-refractivity contribution in [3.63, 3.8) is 0 Å². The van der Waals surface area contributed by atoms with Crippen LogP contribution in [0.4, 0.5) is 5.69 Å². The van der Waals surface area contributed by atoms with Crippen LogP contribution in [-0.2, 0) is 24.4 Å². The van der Waals surface area contributed by atoms with Gasteiger partial charge in [0.1, 0.15) is 17.1 Å². The molecule has 2 heterocycles. The van der Waals surface area contributed by atoms with E-state index < -0.39 is 50.9 Å². The third-order valence-electron chi connectivity index (χ3n) is 10.4. The van der Waals surface area contributed by atoms with Crippen LogP contribution in [0.15, 0.2) is 93.7 Å². The van der Waals surface area contributed by atoms with Crippen molar-refractivity contribution in [2.45, 2.75) is 93.7 Å². The average molecular weight is 774 g/mol. The van der Waals surface area contributed by atoms with E-state index in [1.54, 1.807) is 13.1 Å². The Morgan fingerprint density at radius 2 is 1.91 bits per heavy atom. The van der Waals surface area contributed by atoms with Gasteiger partial charge in [0.2, 0.25) is 33.9 Å². The van der Waals surface area contributed by atoms with E-state index in [2.05, 4.69) is 30.4 Å². The van der Waals surface area contributed by atoms with E-state index in [1.807, 2.05) is 72.1 Å². The number of primary amides is 1. The Labute approximate surface area is 319 Å². The van der Waals surface area contributed by atoms with E-state index in [4.69, 9.17) is 11.3 Å². The Hall–Kier alpha value is -4.83. The monoisotopic (exact) mass is 773 g/mol. The van der Waals surface area contributed by atoms with Crippen LogP contribution in [0.5, 0.6) is 0 Å². The van der Waals surface area contributed by atoms with Crippen molar-refractivity contribution < 1.29 is 22.8 Å². The number of allylic oxidation sites excluding steroid dienone is 2. The largest absolute Gasteiger partial charge is 0.374 e. The number of anilines is 1. The number of carbonyl (C=O) groups is 3. The molecular formula is C38H47N9O5S2. The minimum Gasteiger partial charge on any atom is -0.374 e. The van der Waals surface area contributed by atoms with Crippen LogP contribution in [0.25, 0.3) is 10.6 Å². The van der Waals surface area contributed by atoms with E-state index >= 15 is 0 Å².